The summed E-state index contributed by atoms with van der Waals surface area (Å²) in [4.78, 5) is 16.8. The van der Waals surface area contributed by atoms with E-state index in [-0.39, 0.29) is 11.8 Å². The monoisotopic (exact) mass is 316 g/mol. The van der Waals surface area contributed by atoms with Gasteiger partial charge in [0, 0.05) is 18.5 Å². The van der Waals surface area contributed by atoms with Crippen LogP contribution in [0, 0.1) is 6.92 Å². The van der Waals surface area contributed by atoms with Crippen molar-refractivity contribution in [3.63, 3.8) is 0 Å². The van der Waals surface area contributed by atoms with Crippen LogP contribution >= 0.6 is 0 Å². The van der Waals surface area contributed by atoms with Crippen molar-refractivity contribution in [2.75, 3.05) is 5.32 Å². The molecule has 120 valence electrons. The highest BCUT2D eigenvalue weighted by atomic mass is 16.1. The normalized spacial score (nSPS) is 10.6. The van der Waals surface area contributed by atoms with Crippen molar-refractivity contribution in [3.8, 4) is 0 Å². The van der Waals surface area contributed by atoms with E-state index >= 15 is 0 Å². The second-order valence-electron chi connectivity index (χ2n) is 5.80. The van der Waals surface area contributed by atoms with Crippen LogP contribution < -0.4 is 5.32 Å². The summed E-state index contributed by atoms with van der Waals surface area (Å²) in [5, 5.41) is 2.93. The van der Waals surface area contributed by atoms with Crippen LogP contribution in [0.15, 0.2) is 79.0 Å². The summed E-state index contributed by atoms with van der Waals surface area (Å²) in [7, 11) is 0. The lowest BCUT2D eigenvalue weighted by Gasteiger charge is -2.18. The third-order valence-electron chi connectivity index (χ3n) is 4.06. The van der Waals surface area contributed by atoms with Crippen LogP contribution in [-0.2, 0) is 4.79 Å². The smallest absolute Gasteiger partial charge is 0.226 e. The third-order valence-corrected chi connectivity index (χ3v) is 4.06. The number of hydrogen-bond donors (Lipinski definition) is 1. The quantitative estimate of drug-likeness (QED) is 0.750. The van der Waals surface area contributed by atoms with E-state index in [2.05, 4.69) is 34.6 Å². The Morgan fingerprint density at radius 3 is 2.04 bits per heavy atom. The molecule has 0 bridgehead atoms. The number of benzene rings is 2. The minimum Gasteiger partial charge on any atom is -0.310 e. The molecule has 0 unspecified atom stereocenters. The fourth-order valence-electron chi connectivity index (χ4n) is 2.78. The molecule has 3 aromatic rings. The number of aryl methyl sites for hydroxylation is 1. The predicted molar refractivity (Wildman–Crippen MR) is 96.9 cm³/mol. The van der Waals surface area contributed by atoms with Gasteiger partial charge in [0.1, 0.15) is 5.82 Å². The van der Waals surface area contributed by atoms with Crippen molar-refractivity contribution in [3.05, 3.63) is 95.7 Å². The molecule has 1 N–H and O–H groups in total. The molecule has 3 heteroatoms. The third kappa shape index (κ3) is 3.87. The summed E-state index contributed by atoms with van der Waals surface area (Å²) in [6.45, 7) is 1.94. The first-order valence-corrected chi connectivity index (χ1v) is 8.05. The molecule has 0 aliphatic rings. The van der Waals surface area contributed by atoms with Crippen molar-refractivity contribution in [2.45, 2.75) is 19.3 Å². The maximum Gasteiger partial charge on any atom is 0.226 e. The molecule has 0 fully saturated rings. The number of pyridine rings is 1. The standard InChI is InChI=1S/C21H20N2O/c1-16-9-8-14-22-21(16)23-20(24)15-19(17-10-4-2-5-11-17)18-12-6-3-7-13-18/h2-14,19H,15H2,1H3,(H,22,23,24). The van der Waals surface area contributed by atoms with Gasteiger partial charge in [0.25, 0.3) is 0 Å². The maximum absolute atomic E-state index is 12.6. The van der Waals surface area contributed by atoms with Crippen LogP contribution in [0.2, 0.25) is 0 Å². The fourth-order valence-corrected chi connectivity index (χ4v) is 2.78. The number of nitrogens with zero attached hydrogens (tertiary/aromatic N) is 1. The Labute approximate surface area is 142 Å². The van der Waals surface area contributed by atoms with Gasteiger partial charge < -0.3 is 5.32 Å². The molecule has 1 heterocycles. The molecule has 3 rings (SSSR count). The SMILES string of the molecule is Cc1cccnc1NC(=O)CC(c1ccccc1)c1ccccc1. The van der Waals surface area contributed by atoms with Crippen LogP contribution in [0.25, 0.3) is 0 Å². The molecule has 0 saturated carbocycles. The molecule has 24 heavy (non-hydrogen) atoms. The van der Waals surface area contributed by atoms with Gasteiger partial charge in [0.2, 0.25) is 5.91 Å². The van der Waals surface area contributed by atoms with Gasteiger partial charge in [-0.3, -0.25) is 4.79 Å². The van der Waals surface area contributed by atoms with E-state index in [4.69, 9.17) is 0 Å². The van der Waals surface area contributed by atoms with E-state index in [1.54, 1.807) is 6.20 Å². The predicted octanol–water partition coefficient (Wildman–Crippen LogP) is 4.55. The molecular formula is C21H20N2O. The number of aromatic nitrogens is 1. The van der Waals surface area contributed by atoms with Gasteiger partial charge in [-0.05, 0) is 29.7 Å². The first-order chi connectivity index (χ1) is 11.7. The van der Waals surface area contributed by atoms with Crippen molar-refractivity contribution in [1.82, 2.24) is 4.98 Å². The van der Waals surface area contributed by atoms with Gasteiger partial charge in [0.15, 0.2) is 0 Å². The van der Waals surface area contributed by atoms with Crippen molar-refractivity contribution in [2.24, 2.45) is 0 Å². The first-order valence-electron chi connectivity index (χ1n) is 8.05. The van der Waals surface area contributed by atoms with Crippen LogP contribution in [0.1, 0.15) is 29.0 Å². The number of carbonyl (C=O) groups is 1. The van der Waals surface area contributed by atoms with Crippen LogP contribution in [0.5, 0.6) is 0 Å². The van der Waals surface area contributed by atoms with Crippen LogP contribution in [0.3, 0.4) is 0 Å². The van der Waals surface area contributed by atoms with E-state index in [0.717, 1.165) is 16.7 Å². The zero-order valence-electron chi connectivity index (χ0n) is 13.6. The molecule has 1 amide bonds. The van der Waals surface area contributed by atoms with Crippen molar-refractivity contribution >= 4 is 11.7 Å². The zero-order valence-corrected chi connectivity index (χ0v) is 13.6. The average Bonchev–Trinajstić information content (AvgIpc) is 2.63. The molecule has 0 aliphatic heterocycles. The van der Waals surface area contributed by atoms with Gasteiger partial charge in [-0.1, -0.05) is 66.7 Å². The summed E-state index contributed by atoms with van der Waals surface area (Å²) in [6, 6.07) is 24.1. The van der Waals surface area contributed by atoms with Crippen molar-refractivity contribution < 1.29 is 4.79 Å². The van der Waals surface area contributed by atoms with Gasteiger partial charge in [-0.2, -0.15) is 0 Å². The van der Waals surface area contributed by atoms with Crippen LogP contribution in [-0.4, -0.2) is 10.9 Å². The topological polar surface area (TPSA) is 42.0 Å². The average molecular weight is 316 g/mol. The number of anilines is 1. The number of hydrogen-bond acceptors (Lipinski definition) is 2. The fraction of sp³-hybridized carbons (Fsp3) is 0.143. The van der Waals surface area contributed by atoms with Crippen LogP contribution in [0.4, 0.5) is 5.82 Å². The zero-order chi connectivity index (χ0) is 16.8. The largest absolute Gasteiger partial charge is 0.310 e. The van der Waals surface area contributed by atoms with E-state index in [9.17, 15) is 4.79 Å². The molecule has 3 nitrogen and oxygen atoms in total. The van der Waals surface area contributed by atoms with Gasteiger partial charge in [-0.25, -0.2) is 4.98 Å². The van der Waals surface area contributed by atoms with Crippen molar-refractivity contribution in [1.29, 1.82) is 0 Å². The van der Waals surface area contributed by atoms with Gasteiger partial charge >= 0.3 is 0 Å². The molecule has 0 radical (unpaired) electrons. The molecule has 0 atom stereocenters. The highest BCUT2D eigenvalue weighted by Crippen LogP contribution is 2.28. The summed E-state index contributed by atoms with van der Waals surface area (Å²) >= 11 is 0. The maximum atomic E-state index is 12.6. The summed E-state index contributed by atoms with van der Waals surface area (Å²) in [6.07, 6.45) is 2.07. The minimum atomic E-state index is -0.0329. The number of rotatable bonds is 5. The van der Waals surface area contributed by atoms with E-state index < -0.39 is 0 Å². The highest BCUT2D eigenvalue weighted by Gasteiger charge is 2.18. The lowest BCUT2D eigenvalue weighted by Crippen LogP contribution is -2.17. The lowest BCUT2D eigenvalue weighted by atomic mass is 9.88. The minimum absolute atomic E-state index is 0.0245. The Bertz CT molecular complexity index is 761. The number of carbonyl (C=O) groups excluding carboxylic acids is 1. The number of nitrogens with one attached hydrogen (secondary N) is 1. The molecule has 0 spiro atoms. The first kappa shape index (κ1) is 15.9. The molecule has 2 aromatic carbocycles. The Kier molecular flexibility index (Phi) is 5.02. The van der Waals surface area contributed by atoms with Gasteiger partial charge in [0.05, 0.1) is 0 Å². The molecular weight excluding hydrogens is 296 g/mol. The Morgan fingerprint density at radius 2 is 1.50 bits per heavy atom. The lowest BCUT2D eigenvalue weighted by molar-refractivity contribution is -0.116. The number of amides is 1. The Morgan fingerprint density at radius 1 is 0.917 bits per heavy atom. The molecule has 1 aromatic heterocycles. The second-order valence-corrected chi connectivity index (χ2v) is 5.80. The van der Waals surface area contributed by atoms with E-state index in [1.165, 1.54) is 0 Å². The molecule has 0 aliphatic carbocycles. The van der Waals surface area contributed by atoms with E-state index in [1.807, 2.05) is 55.5 Å². The highest BCUT2D eigenvalue weighted by molar-refractivity contribution is 5.91. The molecule has 0 saturated heterocycles. The van der Waals surface area contributed by atoms with E-state index in [0.29, 0.717) is 12.2 Å². The summed E-state index contributed by atoms with van der Waals surface area (Å²) in [5.41, 5.74) is 3.23. The summed E-state index contributed by atoms with van der Waals surface area (Å²) < 4.78 is 0. The summed E-state index contributed by atoms with van der Waals surface area (Å²) in [5.74, 6) is 0.619. The Balaban J connectivity index is 1.82. The second kappa shape index (κ2) is 7.55. The Hall–Kier alpha value is -2.94. The van der Waals surface area contributed by atoms with Gasteiger partial charge in [-0.15, -0.1) is 0 Å².